The maximum atomic E-state index is 8.99. The van der Waals surface area contributed by atoms with Crippen molar-refractivity contribution in [1.82, 2.24) is 20.4 Å². The molecule has 0 amide bonds. The summed E-state index contributed by atoms with van der Waals surface area (Å²) in [4.78, 5) is 6.31. The lowest BCUT2D eigenvalue weighted by molar-refractivity contribution is 0.182. The van der Waals surface area contributed by atoms with Gasteiger partial charge in [0.05, 0.1) is 12.6 Å². The second kappa shape index (κ2) is 5.05. The van der Waals surface area contributed by atoms with Crippen LogP contribution in [0, 0.1) is 11.3 Å². The monoisotopic (exact) mass is 221 g/mol. The minimum Gasteiger partial charge on any atom is -0.339 e. The number of hydrogen-bond acceptors (Lipinski definition) is 6. The first-order valence-electron chi connectivity index (χ1n) is 5.49. The zero-order chi connectivity index (χ0) is 11.4. The molecule has 0 aromatic carbocycles. The number of rotatable bonds is 3. The number of piperazine rings is 1. The van der Waals surface area contributed by atoms with Gasteiger partial charge >= 0.3 is 0 Å². The van der Waals surface area contributed by atoms with Crippen molar-refractivity contribution in [2.45, 2.75) is 25.9 Å². The van der Waals surface area contributed by atoms with Gasteiger partial charge in [-0.05, 0) is 0 Å². The van der Waals surface area contributed by atoms with Gasteiger partial charge in [-0.2, -0.15) is 10.2 Å². The Bertz CT molecular complexity index is 383. The minimum atomic E-state index is -0.0997. The molecule has 0 bridgehead atoms. The Kier molecular flexibility index (Phi) is 3.49. The first kappa shape index (κ1) is 11.0. The average molecular weight is 221 g/mol. The summed E-state index contributed by atoms with van der Waals surface area (Å²) in [6, 6.07) is 2.17. The van der Waals surface area contributed by atoms with Crippen LogP contribution in [0.15, 0.2) is 4.52 Å². The zero-order valence-corrected chi connectivity index (χ0v) is 9.31. The van der Waals surface area contributed by atoms with Gasteiger partial charge in [0, 0.05) is 26.1 Å². The van der Waals surface area contributed by atoms with Gasteiger partial charge in [-0.25, -0.2) is 0 Å². The van der Waals surface area contributed by atoms with Crippen LogP contribution in [0.5, 0.6) is 0 Å². The fraction of sp³-hybridized carbons (Fsp3) is 0.700. The van der Waals surface area contributed by atoms with Crippen molar-refractivity contribution in [2.24, 2.45) is 0 Å². The summed E-state index contributed by atoms with van der Waals surface area (Å²) in [5.41, 5.74) is 0. The molecule has 1 aromatic heterocycles. The smallest absolute Gasteiger partial charge is 0.226 e. The number of nitrogens with zero attached hydrogens (tertiary/aromatic N) is 4. The van der Waals surface area contributed by atoms with Crippen molar-refractivity contribution in [1.29, 1.82) is 5.26 Å². The molecule has 0 spiro atoms. The molecule has 0 saturated carbocycles. The lowest BCUT2D eigenvalue weighted by Crippen LogP contribution is -2.50. The van der Waals surface area contributed by atoms with Crippen molar-refractivity contribution >= 4 is 0 Å². The van der Waals surface area contributed by atoms with E-state index in [-0.39, 0.29) is 6.04 Å². The third kappa shape index (κ3) is 2.38. The Morgan fingerprint density at radius 2 is 2.56 bits per heavy atom. The van der Waals surface area contributed by atoms with Gasteiger partial charge in [0.2, 0.25) is 5.89 Å². The maximum absolute atomic E-state index is 8.99. The Labute approximate surface area is 94.2 Å². The van der Waals surface area contributed by atoms with Crippen LogP contribution in [-0.2, 0) is 13.0 Å². The van der Waals surface area contributed by atoms with Crippen LogP contribution in [0.3, 0.4) is 0 Å². The molecular weight excluding hydrogens is 206 g/mol. The predicted octanol–water partition coefficient (Wildman–Crippen LogP) is -0.0706. The summed E-state index contributed by atoms with van der Waals surface area (Å²) >= 11 is 0. The molecule has 1 unspecified atom stereocenters. The third-order valence-corrected chi connectivity index (χ3v) is 2.66. The fourth-order valence-corrected chi connectivity index (χ4v) is 1.74. The SMILES string of the molecule is CCc1nc(CN2CCNCC2C#N)no1. The van der Waals surface area contributed by atoms with E-state index in [1.54, 1.807) is 0 Å². The van der Waals surface area contributed by atoms with Crippen molar-refractivity contribution in [2.75, 3.05) is 19.6 Å². The van der Waals surface area contributed by atoms with Crippen LogP contribution in [-0.4, -0.2) is 40.7 Å². The van der Waals surface area contributed by atoms with Crippen molar-refractivity contribution in [3.05, 3.63) is 11.7 Å². The highest BCUT2D eigenvalue weighted by molar-refractivity contribution is 4.98. The lowest BCUT2D eigenvalue weighted by atomic mass is 10.2. The van der Waals surface area contributed by atoms with E-state index in [2.05, 4.69) is 26.4 Å². The number of nitriles is 1. The van der Waals surface area contributed by atoms with Crippen molar-refractivity contribution in [3.8, 4) is 6.07 Å². The van der Waals surface area contributed by atoms with E-state index in [9.17, 15) is 0 Å². The molecule has 6 heteroatoms. The normalized spacial score (nSPS) is 21.9. The summed E-state index contributed by atoms with van der Waals surface area (Å²) in [6.45, 7) is 5.00. The van der Waals surface area contributed by atoms with E-state index in [0.29, 0.717) is 24.8 Å². The van der Waals surface area contributed by atoms with Gasteiger partial charge < -0.3 is 9.84 Å². The van der Waals surface area contributed by atoms with E-state index >= 15 is 0 Å². The first-order chi connectivity index (χ1) is 7.83. The molecule has 2 rings (SSSR count). The second-order valence-electron chi connectivity index (χ2n) is 3.78. The molecule has 2 heterocycles. The van der Waals surface area contributed by atoms with Gasteiger partial charge in [-0.1, -0.05) is 12.1 Å². The molecule has 0 aliphatic carbocycles. The van der Waals surface area contributed by atoms with Gasteiger partial charge in [-0.3, -0.25) is 4.90 Å². The highest BCUT2D eigenvalue weighted by atomic mass is 16.5. The van der Waals surface area contributed by atoms with Crippen molar-refractivity contribution < 1.29 is 4.52 Å². The summed E-state index contributed by atoms with van der Waals surface area (Å²) in [5.74, 6) is 1.32. The van der Waals surface area contributed by atoms with E-state index in [1.807, 2.05) is 6.92 Å². The summed E-state index contributed by atoms with van der Waals surface area (Å²) in [6.07, 6.45) is 0.746. The van der Waals surface area contributed by atoms with E-state index in [0.717, 1.165) is 19.5 Å². The van der Waals surface area contributed by atoms with Gasteiger partial charge in [0.1, 0.15) is 6.04 Å². The largest absolute Gasteiger partial charge is 0.339 e. The molecule has 0 radical (unpaired) electrons. The van der Waals surface area contributed by atoms with Crippen molar-refractivity contribution in [3.63, 3.8) is 0 Å². The fourth-order valence-electron chi connectivity index (χ4n) is 1.74. The van der Waals surface area contributed by atoms with E-state index in [1.165, 1.54) is 0 Å². The van der Waals surface area contributed by atoms with Crippen LogP contribution >= 0.6 is 0 Å². The Morgan fingerprint density at radius 3 is 3.25 bits per heavy atom. The topological polar surface area (TPSA) is 78.0 Å². The van der Waals surface area contributed by atoms with Gasteiger partial charge in [-0.15, -0.1) is 0 Å². The summed E-state index contributed by atoms with van der Waals surface area (Å²) in [5, 5.41) is 16.1. The molecular formula is C10H15N5O. The molecule has 1 aromatic rings. The third-order valence-electron chi connectivity index (χ3n) is 2.66. The standard InChI is InChI=1S/C10H15N5O/c1-2-10-13-9(14-16-10)7-15-4-3-12-6-8(15)5-11/h8,12H,2-4,6-7H2,1H3. The molecule has 1 atom stereocenters. The van der Waals surface area contributed by atoms with Gasteiger partial charge in [0.15, 0.2) is 5.82 Å². The molecule has 1 aliphatic heterocycles. The van der Waals surface area contributed by atoms with E-state index < -0.39 is 0 Å². The molecule has 6 nitrogen and oxygen atoms in total. The number of aryl methyl sites for hydroxylation is 1. The molecule has 86 valence electrons. The molecule has 1 fully saturated rings. The highest BCUT2D eigenvalue weighted by Gasteiger charge is 2.23. The predicted molar refractivity (Wildman–Crippen MR) is 56.4 cm³/mol. The second-order valence-corrected chi connectivity index (χ2v) is 3.78. The number of aromatic nitrogens is 2. The summed E-state index contributed by atoms with van der Waals surface area (Å²) < 4.78 is 5.04. The van der Waals surface area contributed by atoms with Crippen LogP contribution < -0.4 is 5.32 Å². The lowest BCUT2D eigenvalue weighted by Gasteiger charge is -2.30. The van der Waals surface area contributed by atoms with Gasteiger partial charge in [0.25, 0.3) is 0 Å². The van der Waals surface area contributed by atoms with E-state index in [4.69, 9.17) is 9.78 Å². The molecule has 1 aliphatic rings. The van der Waals surface area contributed by atoms with Crippen LogP contribution in [0.2, 0.25) is 0 Å². The maximum Gasteiger partial charge on any atom is 0.226 e. The Balaban J connectivity index is 1.99. The number of nitrogens with one attached hydrogen (secondary N) is 1. The van der Waals surface area contributed by atoms with Crippen LogP contribution in [0.25, 0.3) is 0 Å². The Morgan fingerprint density at radius 1 is 1.69 bits per heavy atom. The Hall–Kier alpha value is -1.45. The minimum absolute atomic E-state index is 0.0997. The highest BCUT2D eigenvalue weighted by Crippen LogP contribution is 2.08. The molecule has 16 heavy (non-hydrogen) atoms. The first-order valence-corrected chi connectivity index (χ1v) is 5.49. The zero-order valence-electron chi connectivity index (χ0n) is 9.31. The van der Waals surface area contributed by atoms with Crippen LogP contribution in [0.4, 0.5) is 0 Å². The average Bonchev–Trinajstić information content (AvgIpc) is 2.77. The quantitative estimate of drug-likeness (QED) is 0.769. The molecule has 1 N–H and O–H groups in total. The summed E-state index contributed by atoms with van der Waals surface area (Å²) in [7, 11) is 0. The number of hydrogen-bond donors (Lipinski definition) is 1. The van der Waals surface area contributed by atoms with Crippen LogP contribution in [0.1, 0.15) is 18.6 Å². The molecule has 1 saturated heterocycles.